The van der Waals surface area contributed by atoms with Crippen LogP contribution in [-0.4, -0.2) is 31.8 Å². The van der Waals surface area contributed by atoms with Crippen molar-refractivity contribution in [2.75, 3.05) is 26.3 Å². The second-order valence-electron chi connectivity index (χ2n) is 3.58. The van der Waals surface area contributed by atoms with E-state index in [0.717, 1.165) is 45.6 Å². The zero-order valence-corrected chi connectivity index (χ0v) is 7.94. The van der Waals surface area contributed by atoms with Crippen molar-refractivity contribution in [2.45, 2.75) is 31.7 Å². The molecule has 1 aliphatic heterocycles. The SMILES string of the molecule is CCNCCC1(N)CCOCC1. The van der Waals surface area contributed by atoms with Gasteiger partial charge in [-0.05, 0) is 32.4 Å². The van der Waals surface area contributed by atoms with Gasteiger partial charge in [-0.25, -0.2) is 0 Å². The van der Waals surface area contributed by atoms with Crippen molar-refractivity contribution in [3.8, 4) is 0 Å². The predicted octanol–water partition coefficient (Wildman–Crippen LogP) is 0.494. The van der Waals surface area contributed by atoms with Crippen LogP contribution in [0.15, 0.2) is 0 Å². The van der Waals surface area contributed by atoms with Crippen molar-refractivity contribution in [2.24, 2.45) is 5.73 Å². The first kappa shape index (κ1) is 9.96. The highest BCUT2D eigenvalue weighted by molar-refractivity contribution is 4.86. The Morgan fingerprint density at radius 2 is 2.08 bits per heavy atom. The number of ether oxygens (including phenoxy) is 1. The van der Waals surface area contributed by atoms with Crippen LogP contribution in [0.25, 0.3) is 0 Å². The van der Waals surface area contributed by atoms with Crippen LogP contribution in [0.3, 0.4) is 0 Å². The smallest absolute Gasteiger partial charge is 0.0483 e. The molecule has 0 saturated carbocycles. The molecule has 0 bridgehead atoms. The van der Waals surface area contributed by atoms with Crippen LogP contribution >= 0.6 is 0 Å². The maximum absolute atomic E-state index is 6.18. The highest BCUT2D eigenvalue weighted by atomic mass is 16.5. The largest absolute Gasteiger partial charge is 0.381 e. The topological polar surface area (TPSA) is 47.3 Å². The summed E-state index contributed by atoms with van der Waals surface area (Å²) in [5, 5.41) is 3.30. The van der Waals surface area contributed by atoms with Crippen LogP contribution in [0.2, 0.25) is 0 Å². The Balaban J connectivity index is 2.17. The van der Waals surface area contributed by atoms with Crippen molar-refractivity contribution in [3.05, 3.63) is 0 Å². The molecule has 0 aliphatic carbocycles. The molecule has 3 heteroatoms. The molecule has 1 rings (SSSR count). The van der Waals surface area contributed by atoms with E-state index in [0.29, 0.717) is 0 Å². The lowest BCUT2D eigenvalue weighted by atomic mass is 9.88. The van der Waals surface area contributed by atoms with E-state index >= 15 is 0 Å². The third kappa shape index (κ3) is 3.09. The molecule has 0 unspecified atom stereocenters. The Labute approximate surface area is 74.7 Å². The lowest BCUT2D eigenvalue weighted by molar-refractivity contribution is 0.0504. The fourth-order valence-corrected chi connectivity index (χ4v) is 1.54. The molecule has 1 aliphatic rings. The number of nitrogens with one attached hydrogen (secondary N) is 1. The van der Waals surface area contributed by atoms with Crippen molar-refractivity contribution in [3.63, 3.8) is 0 Å². The van der Waals surface area contributed by atoms with Crippen molar-refractivity contribution in [1.29, 1.82) is 0 Å². The molecule has 3 N–H and O–H groups in total. The zero-order valence-electron chi connectivity index (χ0n) is 7.94. The Hall–Kier alpha value is -0.120. The van der Waals surface area contributed by atoms with E-state index in [1.54, 1.807) is 0 Å². The Morgan fingerprint density at radius 3 is 2.67 bits per heavy atom. The maximum Gasteiger partial charge on any atom is 0.0483 e. The van der Waals surface area contributed by atoms with Crippen molar-refractivity contribution >= 4 is 0 Å². The van der Waals surface area contributed by atoms with Crippen LogP contribution in [-0.2, 0) is 4.74 Å². The minimum atomic E-state index is 0.0421. The molecule has 72 valence electrons. The summed E-state index contributed by atoms with van der Waals surface area (Å²) in [6.45, 7) is 5.86. The summed E-state index contributed by atoms with van der Waals surface area (Å²) in [4.78, 5) is 0. The van der Waals surface area contributed by atoms with E-state index < -0.39 is 0 Å². The molecule has 12 heavy (non-hydrogen) atoms. The van der Waals surface area contributed by atoms with E-state index in [1.807, 2.05) is 0 Å². The van der Waals surface area contributed by atoms with Gasteiger partial charge in [-0.1, -0.05) is 6.92 Å². The minimum absolute atomic E-state index is 0.0421. The van der Waals surface area contributed by atoms with Gasteiger partial charge in [-0.2, -0.15) is 0 Å². The van der Waals surface area contributed by atoms with Gasteiger partial charge >= 0.3 is 0 Å². The standard InChI is InChI=1S/C9H20N2O/c1-2-11-6-3-9(10)4-7-12-8-5-9/h11H,2-8,10H2,1H3. The molecule has 0 amide bonds. The molecule has 0 atom stereocenters. The average molecular weight is 172 g/mol. The first-order valence-corrected chi connectivity index (χ1v) is 4.84. The van der Waals surface area contributed by atoms with Gasteiger partial charge in [-0.3, -0.25) is 0 Å². The van der Waals surface area contributed by atoms with Gasteiger partial charge in [0.2, 0.25) is 0 Å². The van der Waals surface area contributed by atoms with Crippen LogP contribution in [0.1, 0.15) is 26.2 Å². The van der Waals surface area contributed by atoms with Crippen molar-refractivity contribution in [1.82, 2.24) is 5.32 Å². The maximum atomic E-state index is 6.18. The second-order valence-corrected chi connectivity index (χ2v) is 3.58. The summed E-state index contributed by atoms with van der Waals surface area (Å²) in [6, 6.07) is 0. The van der Waals surface area contributed by atoms with Crippen molar-refractivity contribution < 1.29 is 4.74 Å². The van der Waals surface area contributed by atoms with E-state index in [4.69, 9.17) is 10.5 Å². The molecule has 1 fully saturated rings. The molecule has 3 nitrogen and oxygen atoms in total. The van der Waals surface area contributed by atoms with E-state index in [9.17, 15) is 0 Å². The Morgan fingerprint density at radius 1 is 1.42 bits per heavy atom. The highest BCUT2D eigenvalue weighted by Crippen LogP contribution is 2.20. The van der Waals surface area contributed by atoms with Gasteiger partial charge in [0.05, 0.1) is 0 Å². The van der Waals surface area contributed by atoms with Crippen LogP contribution < -0.4 is 11.1 Å². The van der Waals surface area contributed by atoms with Gasteiger partial charge in [0.25, 0.3) is 0 Å². The monoisotopic (exact) mass is 172 g/mol. The lowest BCUT2D eigenvalue weighted by Crippen LogP contribution is -2.46. The minimum Gasteiger partial charge on any atom is -0.381 e. The molecule has 1 heterocycles. The van der Waals surface area contributed by atoms with Crippen LogP contribution in [0, 0.1) is 0 Å². The van der Waals surface area contributed by atoms with E-state index in [-0.39, 0.29) is 5.54 Å². The summed E-state index contributed by atoms with van der Waals surface area (Å²) in [5.41, 5.74) is 6.22. The molecule has 0 radical (unpaired) electrons. The van der Waals surface area contributed by atoms with Gasteiger partial charge in [0.15, 0.2) is 0 Å². The first-order chi connectivity index (χ1) is 5.77. The average Bonchev–Trinajstić information content (AvgIpc) is 2.06. The number of hydrogen-bond donors (Lipinski definition) is 2. The van der Waals surface area contributed by atoms with Crippen LogP contribution in [0.4, 0.5) is 0 Å². The van der Waals surface area contributed by atoms with E-state index in [1.165, 1.54) is 0 Å². The third-order valence-corrected chi connectivity index (χ3v) is 2.54. The molecule has 1 saturated heterocycles. The highest BCUT2D eigenvalue weighted by Gasteiger charge is 2.26. The summed E-state index contributed by atoms with van der Waals surface area (Å²) in [7, 11) is 0. The lowest BCUT2D eigenvalue weighted by Gasteiger charge is -2.33. The molecule has 0 aromatic carbocycles. The zero-order chi connectivity index (χ0) is 8.86. The Bertz CT molecular complexity index is 122. The number of hydrogen-bond acceptors (Lipinski definition) is 3. The van der Waals surface area contributed by atoms with Gasteiger partial charge in [0.1, 0.15) is 0 Å². The third-order valence-electron chi connectivity index (χ3n) is 2.54. The quantitative estimate of drug-likeness (QED) is 0.607. The number of rotatable bonds is 4. The van der Waals surface area contributed by atoms with Gasteiger partial charge in [-0.15, -0.1) is 0 Å². The molecule has 0 aromatic rings. The molecule has 0 spiro atoms. The Kier molecular flexibility index (Phi) is 3.98. The normalized spacial score (nSPS) is 22.5. The fourth-order valence-electron chi connectivity index (χ4n) is 1.54. The molecular weight excluding hydrogens is 152 g/mol. The molecule has 0 aromatic heterocycles. The van der Waals surface area contributed by atoms with Gasteiger partial charge in [0, 0.05) is 18.8 Å². The summed E-state index contributed by atoms with van der Waals surface area (Å²) in [5.74, 6) is 0. The predicted molar refractivity (Wildman–Crippen MR) is 50.1 cm³/mol. The van der Waals surface area contributed by atoms with E-state index in [2.05, 4.69) is 12.2 Å². The van der Waals surface area contributed by atoms with Gasteiger partial charge < -0.3 is 15.8 Å². The first-order valence-electron chi connectivity index (χ1n) is 4.84. The summed E-state index contributed by atoms with van der Waals surface area (Å²) < 4.78 is 5.27. The number of nitrogens with two attached hydrogens (primary N) is 1. The fraction of sp³-hybridized carbons (Fsp3) is 1.00. The molecular formula is C9H20N2O. The summed E-state index contributed by atoms with van der Waals surface area (Å²) >= 11 is 0. The van der Waals surface area contributed by atoms with Crippen LogP contribution in [0.5, 0.6) is 0 Å². The summed E-state index contributed by atoms with van der Waals surface area (Å²) in [6.07, 6.45) is 3.10. The second kappa shape index (κ2) is 4.80.